The molecule has 0 bridgehead atoms. The van der Waals surface area contributed by atoms with E-state index < -0.39 is 0 Å². The van der Waals surface area contributed by atoms with E-state index >= 15 is 0 Å². The fourth-order valence-electron chi connectivity index (χ4n) is 3.44. The van der Waals surface area contributed by atoms with Crippen molar-refractivity contribution in [3.05, 3.63) is 48.6 Å². The van der Waals surface area contributed by atoms with Gasteiger partial charge in [-0.05, 0) is 24.3 Å². The first-order valence-corrected chi connectivity index (χ1v) is 6.99. The van der Waals surface area contributed by atoms with Gasteiger partial charge in [0.15, 0.2) is 11.8 Å². The van der Waals surface area contributed by atoms with Crippen molar-refractivity contribution in [3.63, 3.8) is 0 Å². The van der Waals surface area contributed by atoms with Crippen LogP contribution in [-0.4, -0.2) is 23.5 Å². The van der Waals surface area contributed by atoms with Gasteiger partial charge in [0, 0.05) is 19.0 Å². The molecule has 0 aromatic carbocycles. The van der Waals surface area contributed by atoms with Crippen molar-refractivity contribution < 1.29 is 14.1 Å². The molecule has 2 saturated heterocycles. The van der Waals surface area contributed by atoms with Crippen molar-refractivity contribution in [2.45, 2.75) is 25.0 Å². The van der Waals surface area contributed by atoms with Crippen molar-refractivity contribution >= 4 is 11.7 Å². The number of carbonyl (C=O) groups excluding carboxylic acids is 1. The van der Waals surface area contributed by atoms with Gasteiger partial charge < -0.3 is 4.42 Å². The van der Waals surface area contributed by atoms with E-state index in [9.17, 15) is 4.79 Å². The van der Waals surface area contributed by atoms with Crippen LogP contribution in [0.4, 0.5) is 5.82 Å². The number of fused-ring (bicyclic) bond motifs is 1. The predicted molar refractivity (Wildman–Crippen MR) is 72.0 cm³/mol. The third-order valence-electron chi connectivity index (χ3n) is 4.26. The molecule has 0 saturated carbocycles. The number of nitrogens with one attached hydrogen (secondary N) is 1. The maximum Gasteiger partial charge on any atom is 0.291 e. The fraction of sp³-hybridized carbons (Fsp3) is 0.333. The molecule has 3 atom stereocenters. The Bertz CT molecular complexity index is 611. The molecule has 2 aromatic rings. The molecule has 2 aliphatic heterocycles. The van der Waals surface area contributed by atoms with E-state index in [0.717, 1.165) is 25.1 Å². The van der Waals surface area contributed by atoms with Crippen LogP contribution < -0.4 is 9.80 Å². The molecule has 2 aromatic heterocycles. The maximum atomic E-state index is 12.7. The molecular weight excluding hydrogens is 254 g/mol. The molecule has 2 aliphatic rings. The second-order valence-electron chi connectivity index (χ2n) is 5.33. The second kappa shape index (κ2) is 4.45. The summed E-state index contributed by atoms with van der Waals surface area (Å²) in [5.74, 6) is 1.71. The summed E-state index contributed by atoms with van der Waals surface area (Å²) in [6.07, 6.45) is 5.35. The van der Waals surface area contributed by atoms with Crippen LogP contribution in [0.5, 0.6) is 0 Å². The van der Waals surface area contributed by atoms with Crippen molar-refractivity contribution in [2.75, 3.05) is 11.4 Å². The summed E-state index contributed by atoms with van der Waals surface area (Å²) in [6.45, 7) is 1.01. The number of aromatic nitrogens is 1. The summed E-state index contributed by atoms with van der Waals surface area (Å²) in [5, 5.41) is 0. The summed E-state index contributed by atoms with van der Waals surface area (Å²) < 4.78 is 5.58. The zero-order chi connectivity index (χ0) is 13.5. The van der Waals surface area contributed by atoms with Gasteiger partial charge in [-0.2, -0.15) is 0 Å². The Kier molecular flexibility index (Phi) is 2.60. The van der Waals surface area contributed by atoms with Crippen LogP contribution in [0, 0.1) is 0 Å². The van der Waals surface area contributed by atoms with E-state index in [2.05, 4.69) is 4.98 Å². The second-order valence-corrected chi connectivity index (χ2v) is 5.33. The van der Waals surface area contributed by atoms with Gasteiger partial charge in [0.2, 0.25) is 6.17 Å². The average Bonchev–Trinajstić information content (AvgIpc) is 3.18. The monoisotopic (exact) mass is 270 g/mol. The molecule has 0 aliphatic carbocycles. The van der Waals surface area contributed by atoms with Crippen molar-refractivity contribution in [2.24, 2.45) is 0 Å². The lowest BCUT2D eigenvalue weighted by molar-refractivity contribution is -0.925. The molecule has 4 rings (SSSR count). The minimum Gasteiger partial charge on any atom is -0.461 e. The molecule has 2 fully saturated rings. The number of hydrogen-bond donors (Lipinski definition) is 1. The number of hydrogen-bond acceptors (Lipinski definition) is 3. The van der Waals surface area contributed by atoms with E-state index in [-0.39, 0.29) is 18.1 Å². The zero-order valence-electron chi connectivity index (χ0n) is 11.0. The Labute approximate surface area is 116 Å². The predicted octanol–water partition coefficient (Wildman–Crippen LogP) is 0.767. The molecule has 4 heterocycles. The van der Waals surface area contributed by atoms with Crippen molar-refractivity contribution in [1.29, 1.82) is 0 Å². The lowest BCUT2D eigenvalue weighted by atomic mass is 10.2. The Morgan fingerprint density at radius 2 is 2.25 bits per heavy atom. The van der Waals surface area contributed by atoms with Gasteiger partial charge in [-0.25, -0.2) is 9.88 Å². The summed E-state index contributed by atoms with van der Waals surface area (Å²) >= 11 is 0. The molecule has 0 spiro atoms. The Morgan fingerprint density at radius 1 is 1.30 bits per heavy atom. The van der Waals surface area contributed by atoms with Crippen LogP contribution in [0.15, 0.2) is 47.2 Å². The lowest BCUT2D eigenvalue weighted by Gasteiger charge is -2.23. The van der Waals surface area contributed by atoms with E-state index in [4.69, 9.17) is 4.42 Å². The SMILES string of the molecule is O=C1C2CCC[NH+]2C(c2ccco2)N1c1ccccn1. The molecule has 1 amide bonds. The molecule has 3 unspecified atom stereocenters. The summed E-state index contributed by atoms with van der Waals surface area (Å²) in [6, 6.07) is 9.52. The van der Waals surface area contributed by atoms with Gasteiger partial charge in [0.25, 0.3) is 5.91 Å². The topological polar surface area (TPSA) is 50.8 Å². The zero-order valence-corrected chi connectivity index (χ0v) is 11.0. The highest BCUT2D eigenvalue weighted by Crippen LogP contribution is 2.29. The van der Waals surface area contributed by atoms with E-state index in [1.165, 1.54) is 4.90 Å². The van der Waals surface area contributed by atoms with Crippen LogP contribution in [0.3, 0.4) is 0 Å². The first-order valence-electron chi connectivity index (χ1n) is 6.99. The normalized spacial score (nSPS) is 28.9. The van der Waals surface area contributed by atoms with Gasteiger partial charge in [-0.1, -0.05) is 6.07 Å². The average molecular weight is 270 g/mol. The Morgan fingerprint density at radius 3 is 3.00 bits per heavy atom. The molecule has 102 valence electrons. The highest BCUT2D eigenvalue weighted by molar-refractivity contribution is 5.97. The number of carbonyl (C=O) groups is 1. The number of amides is 1. The maximum absolute atomic E-state index is 12.7. The number of rotatable bonds is 2. The minimum absolute atomic E-state index is 0.0482. The van der Waals surface area contributed by atoms with E-state index in [0.29, 0.717) is 5.82 Å². The van der Waals surface area contributed by atoms with Crippen molar-refractivity contribution in [3.8, 4) is 0 Å². The van der Waals surface area contributed by atoms with Crippen LogP contribution >= 0.6 is 0 Å². The largest absolute Gasteiger partial charge is 0.461 e. The standard InChI is InChI=1S/C15H15N3O2/c19-15-11-5-3-9-17(11)14(12-6-4-10-20-12)18(15)13-7-1-2-8-16-13/h1-2,4,6-8,10-11,14H,3,5,9H2/p+1. The highest BCUT2D eigenvalue weighted by atomic mass is 16.3. The quantitative estimate of drug-likeness (QED) is 0.877. The molecule has 1 N–H and O–H groups in total. The highest BCUT2D eigenvalue weighted by Gasteiger charge is 2.55. The summed E-state index contributed by atoms with van der Waals surface area (Å²) in [4.78, 5) is 20.2. The van der Waals surface area contributed by atoms with Crippen LogP contribution in [-0.2, 0) is 4.79 Å². The summed E-state index contributed by atoms with van der Waals surface area (Å²) in [5.41, 5.74) is 0. The third-order valence-corrected chi connectivity index (χ3v) is 4.26. The van der Waals surface area contributed by atoms with E-state index in [1.54, 1.807) is 17.4 Å². The number of nitrogens with zero attached hydrogens (tertiary/aromatic N) is 2. The van der Waals surface area contributed by atoms with Crippen molar-refractivity contribution in [1.82, 2.24) is 4.98 Å². The number of pyridine rings is 1. The van der Waals surface area contributed by atoms with Crippen LogP contribution in [0.25, 0.3) is 0 Å². The van der Waals surface area contributed by atoms with Gasteiger partial charge in [0.05, 0.1) is 12.8 Å². The van der Waals surface area contributed by atoms with E-state index in [1.807, 2.05) is 30.3 Å². The first-order chi connectivity index (χ1) is 9.86. The van der Waals surface area contributed by atoms with Gasteiger partial charge in [0.1, 0.15) is 5.82 Å². The van der Waals surface area contributed by atoms with Gasteiger partial charge in [-0.15, -0.1) is 0 Å². The fourth-order valence-corrected chi connectivity index (χ4v) is 3.44. The number of anilines is 1. The van der Waals surface area contributed by atoms with Gasteiger partial charge >= 0.3 is 0 Å². The summed E-state index contributed by atoms with van der Waals surface area (Å²) in [7, 11) is 0. The molecule has 0 radical (unpaired) electrons. The molecule has 5 heteroatoms. The van der Waals surface area contributed by atoms with Crippen LogP contribution in [0.2, 0.25) is 0 Å². The minimum atomic E-state index is -0.0834. The van der Waals surface area contributed by atoms with Gasteiger partial charge in [-0.3, -0.25) is 9.69 Å². The Hall–Kier alpha value is -2.14. The lowest BCUT2D eigenvalue weighted by Crippen LogP contribution is -3.12. The number of quaternary nitrogens is 1. The molecule has 5 nitrogen and oxygen atoms in total. The molecular formula is C15H16N3O2+. The van der Waals surface area contributed by atoms with Crippen LogP contribution in [0.1, 0.15) is 24.8 Å². The third kappa shape index (κ3) is 1.59. The smallest absolute Gasteiger partial charge is 0.291 e. The Balaban J connectivity index is 1.81. The molecule has 20 heavy (non-hydrogen) atoms. The first kappa shape index (κ1) is 11.7. The number of furan rings is 1.